The zero-order valence-corrected chi connectivity index (χ0v) is 11.8. The normalized spacial score (nSPS) is 12.2. The SMILES string of the molecule is CC(O)c1ccnc(N(C)Cc2ccc(Cl)cc2)c1. The Morgan fingerprint density at radius 1 is 1.26 bits per heavy atom. The Balaban J connectivity index is 2.13. The smallest absolute Gasteiger partial charge is 0.128 e. The Hall–Kier alpha value is -1.58. The largest absolute Gasteiger partial charge is 0.389 e. The third-order valence-electron chi connectivity index (χ3n) is 2.98. The molecular formula is C15H17ClN2O. The van der Waals surface area contributed by atoms with Gasteiger partial charge in [0.1, 0.15) is 5.82 Å². The van der Waals surface area contributed by atoms with Gasteiger partial charge in [0.25, 0.3) is 0 Å². The molecule has 0 bridgehead atoms. The molecule has 0 spiro atoms. The molecule has 100 valence electrons. The third kappa shape index (κ3) is 3.69. The van der Waals surface area contributed by atoms with Crippen LogP contribution in [0.4, 0.5) is 5.82 Å². The number of aromatic nitrogens is 1. The number of halogens is 1. The number of benzene rings is 1. The lowest BCUT2D eigenvalue weighted by atomic mass is 10.1. The highest BCUT2D eigenvalue weighted by Crippen LogP contribution is 2.19. The number of nitrogens with zero attached hydrogens (tertiary/aromatic N) is 2. The first-order valence-electron chi connectivity index (χ1n) is 6.16. The van der Waals surface area contributed by atoms with Gasteiger partial charge in [-0.25, -0.2) is 4.98 Å². The van der Waals surface area contributed by atoms with Crippen LogP contribution in [-0.2, 0) is 6.54 Å². The number of aliphatic hydroxyl groups excluding tert-OH is 1. The van der Waals surface area contributed by atoms with E-state index < -0.39 is 6.10 Å². The second-order valence-corrected chi connectivity index (χ2v) is 5.04. The van der Waals surface area contributed by atoms with E-state index in [0.717, 1.165) is 28.5 Å². The molecule has 19 heavy (non-hydrogen) atoms. The number of aliphatic hydroxyl groups is 1. The third-order valence-corrected chi connectivity index (χ3v) is 3.23. The van der Waals surface area contributed by atoms with Crippen molar-refractivity contribution >= 4 is 17.4 Å². The maximum absolute atomic E-state index is 9.59. The molecule has 4 heteroatoms. The fraction of sp³-hybridized carbons (Fsp3) is 0.267. The van der Waals surface area contributed by atoms with E-state index in [0.29, 0.717) is 0 Å². The zero-order valence-electron chi connectivity index (χ0n) is 11.0. The van der Waals surface area contributed by atoms with Crippen molar-refractivity contribution in [2.45, 2.75) is 19.6 Å². The molecule has 1 atom stereocenters. The number of anilines is 1. The monoisotopic (exact) mass is 276 g/mol. The van der Waals surface area contributed by atoms with E-state index in [-0.39, 0.29) is 0 Å². The maximum Gasteiger partial charge on any atom is 0.128 e. The van der Waals surface area contributed by atoms with E-state index in [1.165, 1.54) is 0 Å². The van der Waals surface area contributed by atoms with E-state index in [9.17, 15) is 5.11 Å². The molecule has 0 aliphatic carbocycles. The van der Waals surface area contributed by atoms with Crippen LogP contribution in [0.2, 0.25) is 5.02 Å². The van der Waals surface area contributed by atoms with Crippen LogP contribution in [0.25, 0.3) is 0 Å². The Morgan fingerprint density at radius 3 is 2.58 bits per heavy atom. The molecule has 1 unspecified atom stereocenters. The van der Waals surface area contributed by atoms with Crippen LogP contribution in [0.5, 0.6) is 0 Å². The summed E-state index contributed by atoms with van der Waals surface area (Å²) in [5, 5.41) is 10.3. The Bertz CT molecular complexity index is 540. The molecule has 0 saturated heterocycles. The number of pyridine rings is 1. The van der Waals surface area contributed by atoms with Gasteiger partial charge >= 0.3 is 0 Å². The lowest BCUT2D eigenvalue weighted by molar-refractivity contribution is 0.199. The predicted molar refractivity (Wildman–Crippen MR) is 78.4 cm³/mol. The average Bonchev–Trinajstić information content (AvgIpc) is 2.41. The standard InChI is InChI=1S/C15H17ClN2O/c1-11(19)13-7-8-17-15(9-13)18(2)10-12-3-5-14(16)6-4-12/h3-9,11,19H,10H2,1-2H3. The fourth-order valence-corrected chi connectivity index (χ4v) is 1.97. The van der Waals surface area contributed by atoms with Crippen LogP contribution < -0.4 is 4.90 Å². The summed E-state index contributed by atoms with van der Waals surface area (Å²) in [6.45, 7) is 2.49. The summed E-state index contributed by atoms with van der Waals surface area (Å²) >= 11 is 5.87. The van der Waals surface area contributed by atoms with Gasteiger partial charge in [-0.1, -0.05) is 23.7 Å². The molecule has 1 aromatic heterocycles. The van der Waals surface area contributed by atoms with Gasteiger partial charge in [-0.15, -0.1) is 0 Å². The van der Waals surface area contributed by atoms with Gasteiger partial charge in [0.2, 0.25) is 0 Å². The van der Waals surface area contributed by atoms with Gasteiger partial charge in [0.05, 0.1) is 6.10 Å². The predicted octanol–water partition coefficient (Wildman–Crippen LogP) is 3.42. The first kappa shape index (κ1) is 13.8. The molecular weight excluding hydrogens is 260 g/mol. The molecule has 0 aliphatic rings. The molecule has 1 N–H and O–H groups in total. The van der Waals surface area contributed by atoms with Crippen LogP contribution >= 0.6 is 11.6 Å². The zero-order chi connectivity index (χ0) is 13.8. The van der Waals surface area contributed by atoms with Gasteiger partial charge in [-0.3, -0.25) is 0 Å². The summed E-state index contributed by atoms with van der Waals surface area (Å²) in [5.41, 5.74) is 2.03. The first-order valence-corrected chi connectivity index (χ1v) is 6.53. The van der Waals surface area contributed by atoms with Crippen LogP contribution in [0.3, 0.4) is 0 Å². The highest BCUT2D eigenvalue weighted by Gasteiger charge is 2.07. The van der Waals surface area contributed by atoms with Gasteiger partial charge in [-0.05, 0) is 42.3 Å². The van der Waals surface area contributed by atoms with E-state index in [4.69, 9.17) is 11.6 Å². The molecule has 1 heterocycles. The highest BCUT2D eigenvalue weighted by molar-refractivity contribution is 6.30. The van der Waals surface area contributed by atoms with Crippen molar-refractivity contribution < 1.29 is 5.11 Å². The molecule has 0 aliphatic heterocycles. The fourth-order valence-electron chi connectivity index (χ4n) is 1.85. The van der Waals surface area contributed by atoms with Gasteiger partial charge in [-0.2, -0.15) is 0 Å². The van der Waals surface area contributed by atoms with Crippen LogP contribution in [0, 0.1) is 0 Å². The molecule has 2 aromatic rings. The Kier molecular flexibility index (Phi) is 4.40. The van der Waals surface area contributed by atoms with Crippen LogP contribution in [-0.4, -0.2) is 17.1 Å². The van der Waals surface area contributed by atoms with Gasteiger partial charge in [0, 0.05) is 24.8 Å². The minimum absolute atomic E-state index is 0.481. The van der Waals surface area contributed by atoms with Crippen molar-refractivity contribution in [3.63, 3.8) is 0 Å². The van der Waals surface area contributed by atoms with Crippen LogP contribution in [0.1, 0.15) is 24.2 Å². The molecule has 0 fully saturated rings. The summed E-state index contributed by atoms with van der Waals surface area (Å²) in [6, 6.07) is 11.5. The topological polar surface area (TPSA) is 36.4 Å². The van der Waals surface area contributed by atoms with Crippen molar-refractivity contribution in [2.75, 3.05) is 11.9 Å². The second-order valence-electron chi connectivity index (χ2n) is 4.61. The summed E-state index contributed by atoms with van der Waals surface area (Å²) < 4.78 is 0. The van der Waals surface area contributed by atoms with Crippen molar-refractivity contribution in [2.24, 2.45) is 0 Å². The first-order chi connectivity index (χ1) is 9.06. The number of hydrogen-bond donors (Lipinski definition) is 1. The summed E-state index contributed by atoms with van der Waals surface area (Å²) in [5.74, 6) is 0.841. The van der Waals surface area contributed by atoms with Gasteiger partial charge < -0.3 is 10.0 Å². The minimum Gasteiger partial charge on any atom is -0.389 e. The van der Waals surface area contributed by atoms with E-state index in [2.05, 4.69) is 4.98 Å². The summed E-state index contributed by atoms with van der Waals surface area (Å²) in [6.07, 6.45) is 1.24. The van der Waals surface area contributed by atoms with E-state index in [1.54, 1.807) is 13.1 Å². The lowest BCUT2D eigenvalue weighted by Gasteiger charge is -2.19. The Labute approximate surface area is 118 Å². The maximum atomic E-state index is 9.59. The molecule has 1 aromatic carbocycles. The van der Waals surface area contributed by atoms with Crippen molar-refractivity contribution in [1.82, 2.24) is 4.98 Å². The lowest BCUT2D eigenvalue weighted by Crippen LogP contribution is -2.17. The quantitative estimate of drug-likeness (QED) is 0.929. The van der Waals surface area contributed by atoms with Crippen molar-refractivity contribution in [1.29, 1.82) is 0 Å². The van der Waals surface area contributed by atoms with Crippen LogP contribution in [0.15, 0.2) is 42.6 Å². The number of rotatable bonds is 4. The molecule has 3 nitrogen and oxygen atoms in total. The van der Waals surface area contributed by atoms with Crippen molar-refractivity contribution in [3.05, 3.63) is 58.7 Å². The summed E-state index contributed by atoms with van der Waals surface area (Å²) in [4.78, 5) is 6.36. The average molecular weight is 277 g/mol. The molecule has 0 radical (unpaired) electrons. The van der Waals surface area contributed by atoms with E-state index in [1.807, 2.05) is 48.3 Å². The Morgan fingerprint density at radius 2 is 1.95 bits per heavy atom. The molecule has 0 saturated carbocycles. The number of hydrogen-bond acceptors (Lipinski definition) is 3. The molecule has 0 amide bonds. The van der Waals surface area contributed by atoms with Crippen molar-refractivity contribution in [3.8, 4) is 0 Å². The highest BCUT2D eigenvalue weighted by atomic mass is 35.5. The van der Waals surface area contributed by atoms with E-state index >= 15 is 0 Å². The van der Waals surface area contributed by atoms with Gasteiger partial charge in [0.15, 0.2) is 0 Å². The molecule has 2 rings (SSSR count). The summed E-state index contributed by atoms with van der Waals surface area (Å²) in [7, 11) is 1.97. The second kappa shape index (κ2) is 6.04. The minimum atomic E-state index is -0.481.